The van der Waals surface area contributed by atoms with E-state index in [1.807, 2.05) is 0 Å². The number of anilines is 1. The Morgan fingerprint density at radius 1 is 1.47 bits per heavy atom. The lowest BCUT2D eigenvalue weighted by molar-refractivity contribution is 0.255. The molecule has 0 spiro atoms. The number of urea groups is 1. The second-order valence-electron chi connectivity index (χ2n) is 4.01. The van der Waals surface area contributed by atoms with Gasteiger partial charge in [-0.2, -0.15) is 0 Å². The van der Waals surface area contributed by atoms with E-state index in [0.717, 1.165) is 12.8 Å². The highest BCUT2D eigenvalue weighted by atomic mass is 16.3. The molecule has 1 aromatic heterocycles. The molecule has 1 aliphatic carbocycles. The molecule has 0 aliphatic heterocycles. The summed E-state index contributed by atoms with van der Waals surface area (Å²) in [7, 11) is 0. The number of guanidine groups is 1. The van der Waals surface area contributed by atoms with Crippen molar-refractivity contribution in [3.05, 3.63) is 18.4 Å². The van der Waals surface area contributed by atoms with Crippen LogP contribution >= 0.6 is 0 Å². The van der Waals surface area contributed by atoms with Crippen molar-refractivity contribution in [2.45, 2.75) is 31.7 Å². The Morgan fingerprint density at radius 2 is 2.24 bits per heavy atom. The summed E-state index contributed by atoms with van der Waals surface area (Å²) in [5.74, 6) is 0.525. The third-order valence-corrected chi connectivity index (χ3v) is 2.65. The quantitative estimate of drug-likeness (QED) is 0.538. The predicted octanol–water partition coefficient (Wildman–Crippen LogP) is 1.66. The maximum absolute atomic E-state index is 11.5. The Balaban J connectivity index is 1.81. The van der Waals surface area contributed by atoms with E-state index in [9.17, 15) is 4.79 Å². The predicted molar refractivity (Wildman–Crippen MR) is 64.7 cm³/mol. The van der Waals surface area contributed by atoms with E-state index in [2.05, 4.69) is 15.6 Å². The van der Waals surface area contributed by atoms with Crippen molar-refractivity contribution in [3.8, 4) is 0 Å². The summed E-state index contributed by atoms with van der Waals surface area (Å²) in [6, 6.07) is 3.13. The van der Waals surface area contributed by atoms with Gasteiger partial charge < -0.3 is 10.2 Å². The van der Waals surface area contributed by atoms with Crippen molar-refractivity contribution in [2.24, 2.45) is 10.7 Å². The fourth-order valence-electron chi connectivity index (χ4n) is 1.87. The van der Waals surface area contributed by atoms with E-state index in [0.29, 0.717) is 5.88 Å². The number of hydrogen-bond acceptors (Lipinski definition) is 3. The van der Waals surface area contributed by atoms with Gasteiger partial charge in [-0.1, -0.05) is 12.8 Å². The zero-order valence-corrected chi connectivity index (χ0v) is 9.48. The molecule has 6 heteroatoms. The number of carbonyl (C=O) groups is 1. The highest BCUT2D eigenvalue weighted by Crippen LogP contribution is 2.20. The van der Waals surface area contributed by atoms with Gasteiger partial charge in [0.15, 0.2) is 5.96 Å². The Kier molecular flexibility index (Phi) is 3.64. The summed E-state index contributed by atoms with van der Waals surface area (Å²) in [5.41, 5.74) is 5.63. The third kappa shape index (κ3) is 3.51. The van der Waals surface area contributed by atoms with Crippen LogP contribution in [0.1, 0.15) is 25.7 Å². The number of hydrogen-bond donors (Lipinski definition) is 3. The van der Waals surface area contributed by atoms with Crippen molar-refractivity contribution in [3.63, 3.8) is 0 Å². The van der Waals surface area contributed by atoms with Crippen LogP contribution in [-0.4, -0.2) is 18.0 Å². The van der Waals surface area contributed by atoms with Crippen LogP contribution in [0.5, 0.6) is 0 Å². The summed E-state index contributed by atoms with van der Waals surface area (Å²) in [6.45, 7) is 0. The minimum Gasteiger partial charge on any atom is -0.449 e. The molecule has 0 radical (unpaired) electrons. The van der Waals surface area contributed by atoms with Crippen molar-refractivity contribution in [2.75, 3.05) is 5.32 Å². The van der Waals surface area contributed by atoms with Gasteiger partial charge in [0.1, 0.15) is 0 Å². The highest BCUT2D eigenvalue weighted by Gasteiger charge is 2.14. The highest BCUT2D eigenvalue weighted by molar-refractivity contribution is 6.01. The van der Waals surface area contributed by atoms with Gasteiger partial charge in [0.05, 0.1) is 12.3 Å². The second kappa shape index (κ2) is 5.38. The fourth-order valence-corrected chi connectivity index (χ4v) is 1.87. The molecule has 6 nitrogen and oxygen atoms in total. The largest absolute Gasteiger partial charge is 0.449 e. The van der Waals surface area contributed by atoms with Gasteiger partial charge in [0.2, 0.25) is 5.88 Å². The number of rotatable bonds is 2. The first-order valence-electron chi connectivity index (χ1n) is 5.69. The molecule has 0 saturated heterocycles. The second-order valence-corrected chi connectivity index (χ2v) is 4.01. The van der Waals surface area contributed by atoms with Gasteiger partial charge in [0, 0.05) is 6.07 Å². The molecule has 1 aromatic rings. The number of nitrogens with two attached hydrogens (primary N) is 1. The van der Waals surface area contributed by atoms with E-state index >= 15 is 0 Å². The molecule has 1 fully saturated rings. The molecular weight excluding hydrogens is 220 g/mol. The third-order valence-electron chi connectivity index (χ3n) is 2.65. The van der Waals surface area contributed by atoms with E-state index in [1.54, 1.807) is 12.1 Å². The van der Waals surface area contributed by atoms with E-state index in [1.165, 1.54) is 19.1 Å². The average Bonchev–Trinajstić information content (AvgIpc) is 2.90. The van der Waals surface area contributed by atoms with E-state index < -0.39 is 6.03 Å². The molecule has 2 amide bonds. The molecule has 0 unspecified atom stereocenters. The number of furan rings is 1. The Labute approximate surface area is 99.3 Å². The maximum atomic E-state index is 11.5. The van der Waals surface area contributed by atoms with Crippen LogP contribution < -0.4 is 16.4 Å². The van der Waals surface area contributed by atoms with Gasteiger partial charge in [-0.25, -0.2) is 9.79 Å². The standard InChI is InChI=1S/C11H16N4O2/c12-10(13-8-4-1-2-5-8)15-11(16)14-9-6-3-7-17-9/h3,6-8H,1-2,4-5H2,(H4,12,13,14,15,16). The van der Waals surface area contributed by atoms with Crippen molar-refractivity contribution < 1.29 is 9.21 Å². The van der Waals surface area contributed by atoms with Crippen LogP contribution in [0.4, 0.5) is 10.7 Å². The lowest BCUT2D eigenvalue weighted by Crippen LogP contribution is -2.40. The van der Waals surface area contributed by atoms with Crippen LogP contribution in [0, 0.1) is 0 Å². The molecule has 2 rings (SSSR count). The minimum atomic E-state index is -0.445. The zero-order chi connectivity index (χ0) is 12.1. The number of nitrogens with one attached hydrogen (secondary N) is 2. The SMILES string of the molecule is NC(=NC1CCCC1)NC(=O)Nc1ccco1. The molecule has 0 atom stereocenters. The fraction of sp³-hybridized carbons (Fsp3) is 0.455. The summed E-state index contributed by atoms with van der Waals surface area (Å²) in [5, 5.41) is 4.96. The summed E-state index contributed by atoms with van der Waals surface area (Å²) >= 11 is 0. The first-order valence-corrected chi connectivity index (χ1v) is 5.69. The van der Waals surface area contributed by atoms with Crippen molar-refractivity contribution >= 4 is 17.9 Å². The molecule has 4 N–H and O–H groups in total. The van der Waals surface area contributed by atoms with Crippen LogP contribution in [-0.2, 0) is 0 Å². The summed E-state index contributed by atoms with van der Waals surface area (Å²) < 4.78 is 4.97. The maximum Gasteiger partial charge on any atom is 0.328 e. The van der Waals surface area contributed by atoms with E-state index in [-0.39, 0.29) is 12.0 Å². The number of amides is 2. The minimum absolute atomic E-state index is 0.154. The smallest absolute Gasteiger partial charge is 0.328 e. The molecule has 1 saturated carbocycles. The number of carbonyl (C=O) groups excluding carboxylic acids is 1. The van der Waals surface area contributed by atoms with Gasteiger partial charge in [-0.3, -0.25) is 10.6 Å². The average molecular weight is 236 g/mol. The van der Waals surface area contributed by atoms with Crippen molar-refractivity contribution in [1.29, 1.82) is 0 Å². The van der Waals surface area contributed by atoms with Crippen LogP contribution in [0.3, 0.4) is 0 Å². The van der Waals surface area contributed by atoms with Crippen LogP contribution in [0.2, 0.25) is 0 Å². The Morgan fingerprint density at radius 3 is 2.88 bits per heavy atom. The number of aliphatic imine (C=N–C) groups is 1. The van der Waals surface area contributed by atoms with E-state index in [4.69, 9.17) is 10.2 Å². The lowest BCUT2D eigenvalue weighted by atomic mass is 10.3. The lowest BCUT2D eigenvalue weighted by Gasteiger charge is -2.07. The number of nitrogens with zero attached hydrogens (tertiary/aromatic N) is 1. The molecule has 17 heavy (non-hydrogen) atoms. The first-order chi connectivity index (χ1) is 8.24. The Bertz CT molecular complexity index is 394. The topological polar surface area (TPSA) is 92.6 Å². The van der Waals surface area contributed by atoms with Crippen LogP contribution in [0.25, 0.3) is 0 Å². The monoisotopic (exact) mass is 236 g/mol. The molecule has 1 aliphatic rings. The molecule has 92 valence electrons. The van der Waals surface area contributed by atoms with Crippen LogP contribution in [0.15, 0.2) is 27.8 Å². The zero-order valence-electron chi connectivity index (χ0n) is 9.48. The molecule has 1 heterocycles. The van der Waals surface area contributed by atoms with Gasteiger partial charge in [0.25, 0.3) is 0 Å². The van der Waals surface area contributed by atoms with Gasteiger partial charge in [-0.05, 0) is 18.9 Å². The Hall–Kier alpha value is -1.98. The van der Waals surface area contributed by atoms with Crippen molar-refractivity contribution in [1.82, 2.24) is 5.32 Å². The summed E-state index contributed by atoms with van der Waals surface area (Å²) in [6.07, 6.45) is 5.93. The molecule has 0 aromatic carbocycles. The van der Waals surface area contributed by atoms with Gasteiger partial charge >= 0.3 is 6.03 Å². The normalized spacial score (nSPS) is 17.1. The summed E-state index contributed by atoms with van der Waals surface area (Å²) in [4.78, 5) is 15.7. The first kappa shape index (κ1) is 11.5. The molecular formula is C11H16N4O2. The van der Waals surface area contributed by atoms with Gasteiger partial charge in [-0.15, -0.1) is 0 Å². The molecule has 0 bridgehead atoms.